The first-order valence-corrected chi connectivity index (χ1v) is 6.23. The lowest BCUT2D eigenvalue weighted by Gasteiger charge is -2.51. The lowest BCUT2D eigenvalue weighted by atomic mass is 9.64. The quantitative estimate of drug-likeness (QED) is 0.835. The van der Waals surface area contributed by atoms with Crippen LogP contribution in [0.3, 0.4) is 0 Å². The number of aromatic nitrogens is 3. The van der Waals surface area contributed by atoms with Gasteiger partial charge in [0.2, 0.25) is 0 Å². The average Bonchev–Trinajstić information content (AvgIpc) is 2.68. The minimum Gasteiger partial charge on any atom is -0.378 e. The Morgan fingerprint density at radius 2 is 2.35 bits per heavy atom. The SMILES string of the molecule is CCO[C@H]1C[C@H](NCc2ncnn2C)C1(C)C. The molecule has 5 heteroatoms. The molecule has 2 atom stereocenters. The van der Waals surface area contributed by atoms with Crippen molar-refractivity contribution < 1.29 is 4.74 Å². The highest BCUT2D eigenvalue weighted by Crippen LogP contribution is 2.42. The Labute approximate surface area is 103 Å². The number of rotatable bonds is 5. The van der Waals surface area contributed by atoms with Gasteiger partial charge in [0.25, 0.3) is 0 Å². The molecule has 1 heterocycles. The number of hydrogen-bond acceptors (Lipinski definition) is 4. The summed E-state index contributed by atoms with van der Waals surface area (Å²) in [6.07, 6.45) is 3.05. The van der Waals surface area contributed by atoms with E-state index in [0.29, 0.717) is 12.1 Å². The Hall–Kier alpha value is -0.940. The minimum absolute atomic E-state index is 0.203. The molecule has 0 bridgehead atoms. The Balaban J connectivity index is 1.84. The summed E-state index contributed by atoms with van der Waals surface area (Å²) in [5.74, 6) is 0.973. The Bertz CT molecular complexity index is 374. The van der Waals surface area contributed by atoms with Gasteiger partial charge >= 0.3 is 0 Å². The lowest BCUT2D eigenvalue weighted by molar-refractivity contribution is -0.114. The van der Waals surface area contributed by atoms with Crippen molar-refractivity contribution in [3.63, 3.8) is 0 Å². The van der Waals surface area contributed by atoms with Crippen molar-refractivity contribution in [1.82, 2.24) is 20.1 Å². The van der Waals surface area contributed by atoms with E-state index in [4.69, 9.17) is 4.74 Å². The average molecular weight is 238 g/mol. The van der Waals surface area contributed by atoms with Crippen LogP contribution >= 0.6 is 0 Å². The molecule has 0 radical (unpaired) electrons. The molecule has 5 nitrogen and oxygen atoms in total. The molecule has 96 valence electrons. The van der Waals surface area contributed by atoms with Gasteiger partial charge in [-0.05, 0) is 13.3 Å². The third kappa shape index (κ3) is 2.35. The summed E-state index contributed by atoms with van der Waals surface area (Å²) in [5.41, 5.74) is 0.203. The number of nitrogens with one attached hydrogen (secondary N) is 1. The molecule has 1 fully saturated rings. The van der Waals surface area contributed by atoms with Crippen molar-refractivity contribution in [2.75, 3.05) is 6.61 Å². The minimum atomic E-state index is 0.203. The molecule has 2 rings (SSSR count). The Morgan fingerprint density at radius 3 is 2.88 bits per heavy atom. The van der Waals surface area contributed by atoms with Crippen LogP contribution in [0.2, 0.25) is 0 Å². The summed E-state index contributed by atoms with van der Waals surface area (Å²) < 4.78 is 7.52. The largest absolute Gasteiger partial charge is 0.378 e. The predicted molar refractivity (Wildman–Crippen MR) is 65.4 cm³/mol. The molecular weight excluding hydrogens is 216 g/mol. The maximum Gasteiger partial charge on any atom is 0.140 e. The van der Waals surface area contributed by atoms with Crippen LogP contribution in [-0.2, 0) is 18.3 Å². The fourth-order valence-electron chi connectivity index (χ4n) is 2.41. The second-order valence-corrected chi connectivity index (χ2v) is 5.23. The van der Waals surface area contributed by atoms with E-state index < -0.39 is 0 Å². The maximum atomic E-state index is 5.71. The molecule has 1 aliphatic rings. The molecule has 0 amide bonds. The molecule has 1 aromatic heterocycles. The second kappa shape index (κ2) is 4.74. The van der Waals surface area contributed by atoms with Crippen LogP contribution in [0.1, 0.15) is 33.0 Å². The Kier molecular flexibility index (Phi) is 3.49. The zero-order valence-electron chi connectivity index (χ0n) is 11.1. The van der Waals surface area contributed by atoms with E-state index in [1.165, 1.54) is 0 Å². The molecule has 1 aliphatic carbocycles. The fraction of sp³-hybridized carbons (Fsp3) is 0.833. The summed E-state index contributed by atoms with van der Waals surface area (Å²) in [6, 6.07) is 0.496. The molecule has 0 aliphatic heterocycles. The van der Waals surface area contributed by atoms with Gasteiger partial charge in [0.05, 0.1) is 12.6 Å². The van der Waals surface area contributed by atoms with Gasteiger partial charge in [0.15, 0.2) is 0 Å². The highest BCUT2D eigenvalue weighted by Gasteiger charge is 2.48. The molecule has 0 saturated heterocycles. The van der Waals surface area contributed by atoms with Crippen molar-refractivity contribution in [3.8, 4) is 0 Å². The monoisotopic (exact) mass is 238 g/mol. The molecule has 0 aromatic carbocycles. The summed E-state index contributed by atoms with van der Waals surface area (Å²) in [6.45, 7) is 8.13. The summed E-state index contributed by atoms with van der Waals surface area (Å²) in [7, 11) is 1.92. The van der Waals surface area contributed by atoms with E-state index >= 15 is 0 Å². The summed E-state index contributed by atoms with van der Waals surface area (Å²) in [4.78, 5) is 4.21. The predicted octanol–water partition coefficient (Wildman–Crippen LogP) is 1.11. The van der Waals surface area contributed by atoms with Gasteiger partial charge in [0, 0.05) is 25.1 Å². The van der Waals surface area contributed by atoms with Gasteiger partial charge in [0.1, 0.15) is 12.2 Å². The first-order valence-electron chi connectivity index (χ1n) is 6.23. The normalized spacial score (nSPS) is 26.8. The van der Waals surface area contributed by atoms with Crippen molar-refractivity contribution in [1.29, 1.82) is 0 Å². The van der Waals surface area contributed by atoms with E-state index in [1.807, 2.05) is 7.05 Å². The van der Waals surface area contributed by atoms with Crippen LogP contribution in [0.15, 0.2) is 6.33 Å². The van der Waals surface area contributed by atoms with Crippen molar-refractivity contribution in [2.45, 2.75) is 45.9 Å². The van der Waals surface area contributed by atoms with E-state index in [1.54, 1.807) is 11.0 Å². The highest BCUT2D eigenvalue weighted by molar-refractivity contribution is 5.03. The van der Waals surface area contributed by atoms with Crippen molar-refractivity contribution in [3.05, 3.63) is 12.2 Å². The van der Waals surface area contributed by atoms with Crippen LogP contribution in [0, 0.1) is 5.41 Å². The molecule has 0 unspecified atom stereocenters. The first-order chi connectivity index (χ1) is 8.05. The van der Waals surface area contributed by atoms with Crippen LogP contribution in [0.4, 0.5) is 0 Å². The van der Waals surface area contributed by atoms with Gasteiger partial charge in [-0.1, -0.05) is 13.8 Å². The maximum absolute atomic E-state index is 5.71. The number of aryl methyl sites for hydroxylation is 1. The van der Waals surface area contributed by atoms with Crippen LogP contribution in [0.25, 0.3) is 0 Å². The topological polar surface area (TPSA) is 52.0 Å². The third-order valence-electron chi connectivity index (χ3n) is 3.86. The van der Waals surface area contributed by atoms with E-state index in [0.717, 1.165) is 25.4 Å². The van der Waals surface area contributed by atoms with E-state index in [-0.39, 0.29) is 5.41 Å². The fourth-order valence-corrected chi connectivity index (χ4v) is 2.41. The van der Waals surface area contributed by atoms with Crippen molar-refractivity contribution >= 4 is 0 Å². The standard InChI is InChI=1S/C12H22N4O/c1-5-17-10-6-9(12(10,2)3)13-7-11-14-8-15-16(11)4/h8-10,13H,5-7H2,1-4H3/t9-,10-/m0/s1. The van der Waals surface area contributed by atoms with Gasteiger partial charge < -0.3 is 10.1 Å². The number of hydrogen-bond donors (Lipinski definition) is 1. The zero-order chi connectivity index (χ0) is 12.5. The van der Waals surface area contributed by atoms with Crippen LogP contribution < -0.4 is 5.32 Å². The van der Waals surface area contributed by atoms with Gasteiger partial charge in [-0.15, -0.1) is 0 Å². The first kappa shape index (κ1) is 12.5. The smallest absolute Gasteiger partial charge is 0.140 e. The number of nitrogens with zero attached hydrogens (tertiary/aromatic N) is 3. The zero-order valence-corrected chi connectivity index (χ0v) is 11.1. The summed E-state index contributed by atoms with van der Waals surface area (Å²) in [5, 5.41) is 7.60. The third-order valence-corrected chi connectivity index (χ3v) is 3.86. The molecule has 1 N–H and O–H groups in total. The van der Waals surface area contributed by atoms with Crippen LogP contribution in [0.5, 0.6) is 0 Å². The van der Waals surface area contributed by atoms with Gasteiger partial charge in [-0.25, -0.2) is 4.98 Å². The molecular formula is C12H22N4O. The van der Waals surface area contributed by atoms with Gasteiger partial charge in [-0.3, -0.25) is 4.68 Å². The highest BCUT2D eigenvalue weighted by atomic mass is 16.5. The molecule has 1 saturated carbocycles. The van der Waals surface area contributed by atoms with Gasteiger partial charge in [-0.2, -0.15) is 5.10 Å². The molecule has 17 heavy (non-hydrogen) atoms. The Morgan fingerprint density at radius 1 is 1.59 bits per heavy atom. The van der Waals surface area contributed by atoms with Crippen molar-refractivity contribution in [2.24, 2.45) is 12.5 Å². The second-order valence-electron chi connectivity index (χ2n) is 5.23. The number of ether oxygens (including phenoxy) is 1. The molecule has 1 aromatic rings. The lowest BCUT2D eigenvalue weighted by Crippen LogP contribution is -2.60. The van der Waals surface area contributed by atoms with E-state index in [9.17, 15) is 0 Å². The molecule has 0 spiro atoms. The summed E-state index contributed by atoms with van der Waals surface area (Å²) >= 11 is 0. The van der Waals surface area contributed by atoms with Crippen LogP contribution in [-0.4, -0.2) is 33.5 Å². The van der Waals surface area contributed by atoms with E-state index in [2.05, 4.69) is 36.2 Å².